The summed E-state index contributed by atoms with van der Waals surface area (Å²) in [4.78, 5) is 16.9. The number of carbonyl (C=O) groups excluding carboxylic acids is 1. The minimum Gasteiger partial charge on any atom is -0.352 e. The van der Waals surface area contributed by atoms with Gasteiger partial charge in [-0.1, -0.05) is 57.2 Å². The third-order valence-electron chi connectivity index (χ3n) is 4.81. The van der Waals surface area contributed by atoms with Crippen LogP contribution in [0.25, 0.3) is 10.9 Å². The summed E-state index contributed by atoms with van der Waals surface area (Å²) in [6.07, 6.45) is 1.78. The zero-order chi connectivity index (χ0) is 18.7. The number of fused-ring (bicyclic) bond motifs is 1. The second-order valence-electron chi connectivity index (χ2n) is 7.84. The SMILES string of the molecule is CC(C(=O)NCc1ccc(C(C)(C)C)cc1)c1ccc2ncccc2c1. The van der Waals surface area contributed by atoms with Gasteiger partial charge in [-0.15, -0.1) is 0 Å². The lowest BCUT2D eigenvalue weighted by molar-refractivity contribution is -0.122. The lowest BCUT2D eigenvalue weighted by Gasteiger charge is -2.19. The number of nitrogens with zero attached hydrogens (tertiary/aromatic N) is 1. The standard InChI is InChI=1S/C23H26N2O/c1-16(18-9-12-21-19(14-18)6-5-13-24-21)22(26)25-15-17-7-10-20(11-8-17)23(2,3)4/h5-14,16H,15H2,1-4H3,(H,25,26). The van der Waals surface area contributed by atoms with Crippen molar-refractivity contribution in [3.05, 3.63) is 77.5 Å². The van der Waals surface area contributed by atoms with Gasteiger partial charge in [0.15, 0.2) is 0 Å². The van der Waals surface area contributed by atoms with E-state index in [1.165, 1.54) is 5.56 Å². The Morgan fingerprint density at radius 3 is 2.50 bits per heavy atom. The Balaban J connectivity index is 1.65. The van der Waals surface area contributed by atoms with E-state index >= 15 is 0 Å². The molecular formula is C23H26N2O. The van der Waals surface area contributed by atoms with Gasteiger partial charge in [-0.25, -0.2) is 0 Å². The van der Waals surface area contributed by atoms with Crippen LogP contribution in [0.15, 0.2) is 60.8 Å². The predicted molar refractivity (Wildman–Crippen MR) is 107 cm³/mol. The summed E-state index contributed by atoms with van der Waals surface area (Å²) in [6, 6.07) is 18.4. The zero-order valence-corrected chi connectivity index (χ0v) is 15.9. The Morgan fingerprint density at radius 2 is 1.81 bits per heavy atom. The molecule has 3 heteroatoms. The van der Waals surface area contributed by atoms with Crippen molar-refractivity contribution >= 4 is 16.8 Å². The fraction of sp³-hybridized carbons (Fsp3) is 0.304. The second-order valence-corrected chi connectivity index (χ2v) is 7.84. The van der Waals surface area contributed by atoms with E-state index in [2.05, 4.69) is 55.3 Å². The molecule has 0 aliphatic carbocycles. The summed E-state index contributed by atoms with van der Waals surface area (Å²) in [7, 11) is 0. The van der Waals surface area contributed by atoms with E-state index in [4.69, 9.17) is 0 Å². The van der Waals surface area contributed by atoms with Gasteiger partial charge >= 0.3 is 0 Å². The van der Waals surface area contributed by atoms with Crippen molar-refractivity contribution in [2.45, 2.75) is 45.6 Å². The van der Waals surface area contributed by atoms with E-state index in [0.717, 1.165) is 22.0 Å². The van der Waals surface area contributed by atoms with E-state index in [1.807, 2.05) is 37.3 Å². The molecule has 3 rings (SSSR count). The van der Waals surface area contributed by atoms with E-state index in [9.17, 15) is 4.79 Å². The number of rotatable bonds is 4. The molecule has 0 saturated carbocycles. The average Bonchev–Trinajstić information content (AvgIpc) is 2.64. The fourth-order valence-corrected chi connectivity index (χ4v) is 2.98. The monoisotopic (exact) mass is 346 g/mol. The van der Waals surface area contributed by atoms with Gasteiger partial charge in [0.25, 0.3) is 0 Å². The molecule has 1 aromatic heterocycles. The summed E-state index contributed by atoms with van der Waals surface area (Å²) in [5.41, 5.74) is 4.50. The summed E-state index contributed by atoms with van der Waals surface area (Å²) < 4.78 is 0. The Bertz CT molecular complexity index is 907. The molecule has 26 heavy (non-hydrogen) atoms. The summed E-state index contributed by atoms with van der Waals surface area (Å²) >= 11 is 0. The molecule has 1 amide bonds. The van der Waals surface area contributed by atoms with E-state index in [-0.39, 0.29) is 17.2 Å². The van der Waals surface area contributed by atoms with Gasteiger partial charge in [-0.05, 0) is 47.2 Å². The number of pyridine rings is 1. The first-order valence-electron chi connectivity index (χ1n) is 9.06. The highest BCUT2D eigenvalue weighted by Crippen LogP contribution is 2.23. The number of aromatic nitrogens is 1. The van der Waals surface area contributed by atoms with Gasteiger partial charge in [0.1, 0.15) is 0 Å². The van der Waals surface area contributed by atoms with Gasteiger partial charge in [0.05, 0.1) is 11.4 Å². The number of carbonyl (C=O) groups is 1. The summed E-state index contributed by atoms with van der Waals surface area (Å²) in [5, 5.41) is 4.11. The first-order valence-corrected chi connectivity index (χ1v) is 9.06. The third kappa shape index (κ3) is 4.10. The van der Waals surface area contributed by atoms with Crippen molar-refractivity contribution in [3.63, 3.8) is 0 Å². The summed E-state index contributed by atoms with van der Waals surface area (Å²) in [5.74, 6) is -0.165. The Labute approximate surface area is 155 Å². The van der Waals surface area contributed by atoms with Gasteiger partial charge in [-0.3, -0.25) is 9.78 Å². The maximum atomic E-state index is 12.6. The Morgan fingerprint density at radius 1 is 1.08 bits per heavy atom. The lowest BCUT2D eigenvalue weighted by Crippen LogP contribution is -2.27. The van der Waals surface area contributed by atoms with Crippen LogP contribution >= 0.6 is 0 Å². The van der Waals surface area contributed by atoms with E-state index < -0.39 is 0 Å². The zero-order valence-electron chi connectivity index (χ0n) is 15.9. The number of amides is 1. The minimum absolute atomic E-state index is 0.0353. The normalized spacial score (nSPS) is 12.8. The van der Waals surface area contributed by atoms with Crippen LogP contribution in [0, 0.1) is 0 Å². The van der Waals surface area contributed by atoms with Crippen molar-refractivity contribution < 1.29 is 4.79 Å². The highest BCUT2D eigenvalue weighted by molar-refractivity contribution is 5.86. The number of hydrogen-bond acceptors (Lipinski definition) is 2. The van der Waals surface area contributed by atoms with Gasteiger partial charge in [-0.2, -0.15) is 0 Å². The van der Waals surface area contributed by atoms with Crippen LogP contribution in [-0.2, 0) is 16.8 Å². The van der Waals surface area contributed by atoms with Crippen LogP contribution in [-0.4, -0.2) is 10.9 Å². The van der Waals surface area contributed by atoms with E-state index in [1.54, 1.807) is 6.20 Å². The third-order valence-corrected chi connectivity index (χ3v) is 4.81. The fourth-order valence-electron chi connectivity index (χ4n) is 2.98. The first-order chi connectivity index (χ1) is 12.3. The van der Waals surface area contributed by atoms with Gasteiger partial charge in [0, 0.05) is 18.1 Å². The predicted octanol–water partition coefficient (Wildman–Crippen LogP) is 4.95. The van der Waals surface area contributed by atoms with Crippen molar-refractivity contribution in [1.29, 1.82) is 0 Å². The minimum atomic E-state index is -0.201. The topological polar surface area (TPSA) is 42.0 Å². The van der Waals surface area contributed by atoms with Crippen LogP contribution in [0.1, 0.15) is 50.3 Å². The highest BCUT2D eigenvalue weighted by Gasteiger charge is 2.16. The number of nitrogens with one attached hydrogen (secondary N) is 1. The largest absolute Gasteiger partial charge is 0.352 e. The molecule has 2 aromatic carbocycles. The first kappa shape index (κ1) is 18.1. The van der Waals surface area contributed by atoms with Gasteiger partial charge in [0.2, 0.25) is 5.91 Å². The molecule has 0 aliphatic heterocycles. The molecule has 1 heterocycles. The Hall–Kier alpha value is -2.68. The molecule has 0 bridgehead atoms. The molecule has 0 spiro atoms. The highest BCUT2D eigenvalue weighted by atomic mass is 16.1. The molecule has 3 nitrogen and oxygen atoms in total. The number of benzene rings is 2. The molecule has 0 fully saturated rings. The van der Waals surface area contributed by atoms with E-state index in [0.29, 0.717) is 6.54 Å². The van der Waals surface area contributed by atoms with Gasteiger partial charge < -0.3 is 5.32 Å². The molecule has 1 atom stereocenters. The van der Waals surface area contributed by atoms with Crippen LogP contribution in [0.2, 0.25) is 0 Å². The number of hydrogen-bond donors (Lipinski definition) is 1. The van der Waals surface area contributed by atoms with Crippen molar-refractivity contribution in [2.75, 3.05) is 0 Å². The van der Waals surface area contributed by atoms with Crippen LogP contribution < -0.4 is 5.32 Å². The van der Waals surface area contributed by atoms with Crippen molar-refractivity contribution in [3.8, 4) is 0 Å². The maximum Gasteiger partial charge on any atom is 0.227 e. The molecule has 0 radical (unpaired) electrons. The molecular weight excluding hydrogens is 320 g/mol. The summed E-state index contributed by atoms with van der Waals surface area (Å²) in [6.45, 7) is 9.08. The molecule has 1 unspecified atom stereocenters. The van der Waals surface area contributed by atoms with Crippen LogP contribution in [0.5, 0.6) is 0 Å². The quantitative estimate of drug-likeness (QED) is 0.726. The van der Waals surface area contributed by atoms with Crippen LogP contribution in [0.4, 0.5) is 0 Å². The smallest absolute Gasteiger partial charge is 0.227 e. The molecule has 134 valence electrons. The Kier molecular flexibility index (Phi) is 5.08. The maximum absolute atomic E-state index is 12.6. The van der Waals surface area contributed by atoms with Crippen molar-refractivity contribution in [2.24, 2.45) is 0 Å². The average molecular weight is 346 g/mol. The molecule has 3 aromatic rings. The molecule has 0 aliphatic rings. The van der Waals surface area contributed by atoms with Crippen molar-refractivity contribution in [1.82, 2.24) is 10.3 Å². The van der Waals surface area contributed by atoms with Crippen LogP contribution in [0.3, 0.4) is 0 Å². The molecule has 1 N–H and O–H groups in total. The second kappa shape index (κ2) is 7.28. The lowest BCUT2D eigenvalue weighted by atomic mass is 9.87. The molecule has 0 saturated heterocycles.